The zero-order chi connectivity index (χ0) is 16.7. The summed E-state index contributed by atoms with van der Waals surface area (Å²) >= 11 is 0. The SMILES string of the molecule is C[C@@](O)(CO)Nc1ccc2ncc(-c3coc4ccccc34)n2n1. The van der Waals surface area contributed by atoms with Crippen molar-refractivity contribution >= 4 is 22.4 Å². The first-order valence-corrected chi connectivity index (χ1v) is 7.50. The normalized spacial score (nSPS) is 14.1. The van der Waals surface area contributed by atoms with Gasteiger partial charge in [-0.3, -0.25) is 0 Å². The Morgan fingerprint density at radius 1 is 1.25 bits per heavy atom. The number of benzene rings is 1. The molecule has 7 heteroatoms. The number of hydrogen-bond donors (Lipinski definition) is 3. The van der Waals surface area contributed by atoms with Crippen LogP contribution in [-0.2, 0) is 0 Å². The van der Waals surface area contributed by atoms with Gasteiger partial charge in [0.05, 0.1) is 18.5 Å². The third-order valence-corrected chi connectivity index (χ3v) is 3.82. The van der Waals surface area contributed by atoms with Crippen molar-refractivity contribution in [3.63, 3.8) is 0 Å². The summed E-state index contributed by atoms with van der Waals surface area (Å²) in [6.45, 7) is 1.03. The first kappa shape index (κ1) is 14.7. The summed E-state index contributed by atoms with van der Waals surface area (Å²) in [5.74, 6) is 0.425. The van der Waals surface area contributed by atoms with Gasteiger partial charge in [-0.15, -0.1) is 5.10 Å². The molecule has 4 aromatic rings. The number of fused-ring (bicyclic) bond motifs is 2. The molecule has 0 aliphatic rings. The monoisotopic (exact) mass is 324 g/mol. The van der Waals surface area contributed by atoms with Gasteiger partial charge < -0.3 is 19.9 Å². The molecule has 1 aromatic carbocycles. The Kier molecular flexibility index (Phi) is 3.26. The van der Waals surface area contributed by atoms with Crippen LogP contribution in [0.1, 0.15) is 6.92 Å². The Morgan fingerprint density at radius 2 is 2.08 bits per heavy atom. The molecule has 0 aliphatic heterocycles. The van der Waals surface area contributed by atoms with Crippen LogP contribution in [0.5, 0.6) is 0 Å². The molecule has 0 spiro atoms. The summed E-state index contributed by atoms with van der Waals surface area (Å²) in [4.78, 5) is 4.36. The summed E-state index contributed by atoms with van der Waals surface area (Å²) in [5, 5.41) is 27.4. The van der Waals surface area contributed by atoms with Crippen LogP contribution in [-0.4, -0.2) is 37.1 Å². The van der Waals surface area contributed by atoms with Gasteiger partial charge in [-0.2, -0.15) is 0 Å². The minimum Gasteiger partial charge on any atom is -0.464 e. The summed E-state index contributed by atoms with van der Waals surface area (Å²) in [5.41, 5.74) is 1.67. The van der Waals surface area contributed by atoms with E-state index in [0.29, 0.717) is 11.5 Å². The van der Waals surface area contributed by atoms with Gasteiger partial charge in [0.1, 0.15) is 17.7 Å². The van der Waals surface area contributed by atoms with E-state index in [9.17, 15) is 10.2 Å². The highest BCUT2D eigenvalue weighted by Gasteiger charge is 2.20. The molecule has 0 aliphatic carbocycles. The molecule has 0 radical (unpaired) electrons. The first-order valence-electron chi connectivity index (χ1n) is 7.50. The molecule has 0 amide bonds. The Bertz CT molecular complexity index is 1020. The molecule has 0 saturated carbocycles. The average molecular weight is 324 g/mol. The predicted molar refractivity (Wildman–Crippen MR) is 89.5 cm³/mol. The minimum absolute atomic E-state index is 0.425. The maximum atomic E-state index is 9.95. The quantitative estimate of drug-likeness (QED) is 0.498. The van der Waals surface area contributed by atoms with Crippen molar-refractivity contribution in [1.82, 2.24) is 14.6 Å². The number of aromatic nitrogens is 3. The second-order valence-electron chi connectivity index (χ2n) is 5.83. The van der Waals surface area contributed by atoms with Crippen LogP contribution in [0.25, 0.3) is 27.9 Å². The van der Waals surface area contributed by atoms with E-state index in [1.807, 2.05) is 24.3 Å². The van der Waals surface area contributed by atoms with E-state index in [2.05, 4.69) is 15.4 Å². The van der Waals surface area contributed by atoms with E-state index in [1.54, 1.807) is 29.1 Å². The Morgan fingerprint density at radius 3 is 2.92 bits per heavy atom. The molecule has 0 saturated heterocycles. The van der Waals surface area contributed by atoms with Gasteiger partial charge in [0, 0.05) is 10.9 Å². The van der Waals surface area contributed by atoms with E-state index in [-0.39, 0.29) is 0 Å². The number of imidazole rings is 1. The van der Waals surface area contributed by atoms with E-state index in [1.165, 1.54) is 6.92 Å². The average Bonchev–Trinajstić information content (AvgIpc) is 3.17. The fraction of sp³-hybridized carbons (Fsp3) is 0.176. The number of para-hydroxylation sites is 1. The van der Waals surface area contributed by atoms with Gasteiger partial charge >= 0.3 is 0 Å². The molecule has 0 unspecified atom stereocenters. The molecule has 3 heterocycles. The molecule has 0 fully saturated rings. The lowest BCUT2D eigenvalue weighted by Gasteiger charge is -2.22. The van der Waals surface area contributed by atoms with E-state index < -0.39 is 12.3 Å². The molecule has 1 atom stereocenters. The smallest absolute Gasteiger partial charge is 0.157 e. The number of aliphatic hydroxyl groups is 2. The van der Waals surface area contributed by atoms with E-state index >= 15 is 0 Å². The van der Waals surface area contributed by atoms with Crippen molar-refractivity contribution in [3.05, 3.63) is 48.9 Å². The summed E-state index contributed by atoms with van der Waals surface area (Å²) in [6, 6.07) is 11.2. The molecular weight excluding hydrogens is 308 g/mol. The number of nitrogens with zero attached hydrogens (tertiary/aromatic N) is 3. The second kappa shape index (κ2) is 5.33. The summed E-state index contributed by atoms with van der Waals surface area (Å²) in [6.07, 6.45) is 3.41. The van der Waals surface area contributed by atoms with Gasteiger partial charge in [-0.25, -0.2) is 9.50 Å². The van der Waals surface area contributed by atoms with Crippen molar-refractivity contribution in [2.45, 2.75) is 12.6 Å². The number of hydrogen-bond acceptors (Lipinski definition) is 6. The van der Waals surface area contributed by atoms with Crippen molar-refractivity contribution < 1.29 is 14.6 Å². The number of nitrogens with one attached hydrogen (secondary N) is 1. The van der Waals surface area contributed by atoms with Crippen LogP contribution in [0.15, 0.2) is 53.3 Å². The molecule has 3 N–H and O–H groups in total. The van der Waals surface area contributed by atoms with Crippen LogP contribution in [0, 0.1) is 0 Å². The third kappa shape index (κ3) is 2.40. The number of anilines is 1. The largest absolute Gasteiger partial charge is 0.464 e. The Labute approximate surface area is 137 Å². The topological polar surface area (TPSA) is 95.8 Å². The molecule has 24 heavy (non-hydrogen) atoms. The lowest BCUT2D eigenvalue weighted by Crippen LogP contribution is -2.38. The Hall–Kier alpha value is -2.90. The molecule has 3 aromatic heterocycles. The fourth-order valence-electron chi connectivity index (χ4n) is 2.62. The summed E-state index contributed by atoms with van der Waals surface area (Å²) in [7, 11) is 0. The number of rotatable bonds is 4. The highest BCUT2D eigenvalue weighted by molar-refractivity contribution is 5.93. The number of furan rings is 1. The number of aliphatic hydroxyl groups excluding tert-OH is 1. The lowest BCUT2D eigenvalue weighted by atomic mass is 10.1. The molecule has 122 valence electrons. The van der Waals surface area contributed by atoms with Gasteiger partial charge in [-0.1, -0.05) is 18.2 Å². The zero-order valence-corrected chi connectivity index (χ0v) is 13.0. The van der Waals surface area contributed by atoms with Crippen LogP contribution in [0.2, 0.25) is 0 Å². The van der Waals surface area contributed by atoms with Crippen molar-refractivity contribution in [1.29, 1.82) is 0 Å². The molecule has 0 bridgehead atoms. The first-order chi connectivity index (χ1) is 11.6. The van der Waals surface area contributed by atoms with Crippen LogP contribution in [0.3, 0.4) is 0 Å². The van der Waals surface area contributed by atoms with Gasteiger partial charge in [0.15, 0.2) is 11.4 Å². The maximum absolute atomic E-state index is 9.95. The second-order valence-corrected chi connectivity index (χ2v) is 5.83. The zero-order valence-electron chi connectivity index (χ0n) is 13.0. The Balaban J connectivity index is 1.84. The van der Waals surface area contributed by atoms with Crippen LogP contribution in [0.4, 0.5) is 5.82 Å². The minimum atomic E-state index is -1.45. The van der Waals surface area contributed by atoms with Crippen molar-refractivity contribution in [3.8, 4) is 11.3 Å². The van der Waals surface area contributed by atoms with Gasteiger partial charge in [-0.05, 0) is 25.1 Å². The molecule has 4 rings (SSSR count). The highest BCUT2D eigenvalue weighted by Crippen LogP contribution is 2.30. The predicted octanol–water partition coefficient (Wildman–Crippen LogP) is 2.26. The van der Waals surface area contributed by atoms with Gasteiger partial charge in [0.2, 0.25) is 0 Å². The van der Waals surface area contributed by atoms with Crippen molar-refractivity contribution in [2.24, 2.45) is 0 Å². The standard InChI is InChI=1S/C17H16N4O3/c1-17(23,10-22)19-15-6-7-16-18-8-13(21(16)20-15)12-9-24-14-5-3-2-4-11(12)14/h2-9,22-23H,10H2,1H3,(H,19,20)/t17-/m1/s1. The summed E-state index contributed by atoms with van der Waals surface area (Å²) < 4.78 is 7.27. The van der Waals surface area contributed by atoms with Crippen LogP contribution < -0.4 is 5.32 Å². The van der Waals surface area contributed by atoms with Crippen molar-refractivity contribution in [2.75, 3.05) is 11.9 Å². The van der Waals surface area contributed by atoms with Gasteiger partial charge in [0.25, 0.3) is 0 Å². The van der Waals surface area contributed by atoms with Crippen LogP contribution >= 0.6 is 0 Å². The maximum Gasteiger partial charge on any atom is 0.157 e. The highest BCUT2D eigenvalue weighted by atomic mass is 16.3. The lowest BCUT2D eigenvalue weighted by molar-refractivity contribution is 0.0260. The molecular formula is C17H16N4O3. The van der Waals surface area contributed by atoms with E-state index in [0.717, 1.165) is 22.2 Å². The third-order valence-electron chi connectivity index (χ3n) is 3.82. The fourth-order valence-corrected chi connectivity index (χ4v) is 2.62. The molecule has 7 nitrogen and oxygen atoms in total. The van der Waals surface area contributed by atoms with E-state index in [4.69, 9.17) is 4.42 Å².